The van der Waals surface area contributed by atoms with E-state index in [1.54, 1.807) is 6.92 Å². The van der Waals surface area contributed by atoms with Crippen LogP contribution in [0.5, 0.6) is 0 Å². The van der Waals surface area contributed by atoms with Crippen molar-refractivity contribution in [1.82, 2.24) is 15.3 Å². The van der Waals surface area contributed by atoms with Crippen molar-refractivity contribution in [3.05, 3.63) is 47.5 Å². The molecule has 1 aromatic heterocycles. The number of aromatic nitrogens is 2. The molecule has 0 radical (unpaired) electrons. The third-order valence-electron chi connectivity index (χ3n) is 3.47. The van der Waals surface area contributed by atoms with Crippen LogP contribution in [0.25, 0.3) is 0 Å². The zero-order chi connectivity index (χ0) is 18.6. The molecule has 0 saturated carbocycles. The molecular formula is C17H20F4N4. The number of rotatable bonds is 6. The quantitative estimate of drug-likeness (QED) is 0.738. The van der Waals surface area contributed by atoms with Gasteiger partial charge in [-0.3, -0.25) is 0 Å². The van der Waals surface area contributed by atoms with Crippen molar-refractivity contribution in [1.29, 1.82) is 0 Å². The second kappa shape index (κ2) is 7.77. The Kier molecular flexibility index (Phi) is 5.94. The first kappa shape index (κ1) is 19.1. The predicted molar refractivity (Wildman–Crippen MR) is 88.0 cm³/mol. The number of halogens is 4. The van der Waals surface area contributed by atoms with Gasteiger partial charge < -0.3 is 10.6 Å². The molecule has 0 amide bonds. The van der Waals surface area contributed by atoms with Crippen LogP contribution in [-0.2, 0) is 6.18 Å². The zero-order valence-electron chi connectivity index (χ0n) is 14.2. The number of hydrogen-bond acceptors (Lipinski definition) is 4. The summed E-state index contributed by atoms with van der Waals surface area (Å²) in [5.74, 6) is -0.450. The third-order valence-corrected chi connectivity index (χ3v) is 3.47. The fourth-order valence-electron chi connectivity index (χ4n) is 2.21. The molecule has 0 fully saturated rings. The molecule has 2 N–H and O–H groups in total. The summed E-state index contributed by atoms with van der Waals surface area (Å²) in [7, 11) is 0. The molecule has 1 aromatic carbocycles. The van der Waals surface area contributed by atoms with Crippen molar-refractivity contribution in [3.63, 3.8) is 0 Å². The Bertz CT molecular complexity index is 716. The van der Waals surface area contributed by atoms with E-state index < -0.39 is 23.7 Å². The van der Waals surface area contributed by atoms with Crippen LogP contribution < -0.4 is 10.6 Å². The molecular weight excluding hydrogens is 336 g/mol. The van der Waals surface area contributed by atoms with Gasteiger partial charge in [0.05, 0.1) is 0 Å². The molecule has 0 aliphatic heterocycles. The standard InChI is InChI=1S/C17H20F4N4/c1-10(2)8-22-11(3)14-9-23-16(25-15(14)17(19,20)21)24-13-6-4-5-12(18)7-13/h4-7,9-11,22H,8H2,1-3H3,(H,23,24,25). The van der Waals surface area contributed by atoms with Gasteiger partial charge in [0.15, 0.2) is 5.69 Å². The lowest BCUT2D eigenvalue weighted by molar-refractivity contribution is -0.142. The van der Waals surface area contributed by atoms with Crippen LogP contribution in [-0.4, -0.2) is 16.5 Å². The Labute approximate surface area is 143 Å². The average Bonchev–Trinajstić information content (AvgIpc) is 2.51. The molecule has 25 heavy (non-hydrogen) atoms. The molecule has 0 spiro atoms. The molecule has 0 aliphatic carbocycles. The summed E-state index contributed by atoms with van der Waals surface area (Å²) in [5, 5.41) is 5.63. The van der Waals surface area contributed by atoms with E-state index in [2.05, 4.69) is 20.6 Å². The molecule has 0 bridgehead atoms. The van der Waals surface area contributed by atoms with E-state index in [1.165, 1.54) is 18.2 Å². The second-order valence-electron chi connectivity index (χ2n) is 6.15. The highest BCUT2D eigenvalue weighted by molar-refractivity contribution is 5.53. The van der Waals surface area contributed by atoms with Gasteiger partial charge in [0, 0.05) is 23.5 Å². The van der Waals surface area contributed by atoms with Crippen LogP contribution >= 0.6 is 0 Å². The Hall–Kier alpha value is -2.22. The number of benzene rings is 1. The lowest BCUT2D eigenvalue weighted by atomic mass is 10.1. The lowest BCUT2D eigenvalue weighted by Gasteiger charge is -2.20. The first-order chi connectivity index (χ1) is 11.7. The maximum atomic E-state index is 13.4. The monoisotopic (exact) mass is 356 g/mol. The van der Waals surface area contributed by atoms with Crippen LogP contribution in [0.2, 0.25) is 0 Å². The van der Waals surface area contributed by atoms with Gasteiger partial charge >= 0.3 is 6.18 Å². The third kappa shape index (κ3) is 5.38. The van der Waals surface area contributed by atoms with Crippen molar-refractivity contribution in [2.24, 2.45) is 5.92 Å². The topological polar surface area (TPSA) is 49.8 Å². The number of alkyl halides is 3. The van der Waals surface area contributed by atoms with E-state index in [-0.39, 0.29) is 17.2 Å². The highest BCUT2D eigenvalue weighted by atomic mass is 19.4. The summed E-state index contributed by atoms with van der Waals surface area (Å²) < 4.78 is 53.3. The summed E-state index contributed by atoms with van der Waals surface area (Å²) in [6.07, 6.45) is -3.47. The maximum Gasteiger partial charge on any atom is 0.433 e. The Morgan fingerprint density at radius 2 is 1.88 bits per heavy atom. The van der Waals surface area contributed by atoms with Crippen molar-refractivity contribution in [3.8, 4) is 0 Å². The van der Waals surface area contributed by atoms with Gasteiger partial charge in [-0.2, -0.15) is 13.2 Å². The first-order valence-corrected chi connectivity index (χ1v) is 7.87. The van der Waals surface area contributed by atoms with E-state index in [1.807, 2.05) is 13.8 Å². The largest absolute Gasteiger partial charge is 0.433 e. The summed E-state index contributed by atoms with van der Waals surface area (Å²) in [5.41, 5.74) is -0.769. The van der Waals surface area contributed by atoms with Gasteiger partial charge in [0.1, 0.15) is 5.82 Å². The van der Waals surface area contributed by atoms with E-state index in [0.717, 1.165) is 12.3 Å². The first-order valence-electron chi connectivity index (χ1n) is 7.87. The maximum absolute atomic E-state index is 13.4. The number of anilines is 2. The SMILES string of the molecule is CC(C)CNC(C)c1cnc(Nc2cccc(F)c2)nc1C(F)(F)F. The van der Waals surface area contributed by atoms with E-state index in [4.69, 9.17) is 0 Å². The van der Waals surface area contributed by atoms with Crippen LogP contribution in [0.1, 0.15) is 38.1 Å². The Balaban J connectivity index is 2.30. The fraction of sp³-hybridized carbons (Fsp3) is 0.412. The van der Waals surface area contributed by atoms with Gasteiger partial charge in [-0.15, -0.1) is 0 Å². The Morgan fingerprint density at radius 3 is 2.48 bits per heavy atom. The van der Waals surface area contributed by atoms with Crippen molar-refractivity contribution in [2.75, 3.05) is 11.9 Å². The number of nitrogens with one attached hydrogen (secondary N) is 2. The van der Waals surface area contributed by atoms with Crippen LogP contribution in [0.4, 0.5) is 29.2 Å². The summed E-state index contributed by atoms with van der Waals surface area (Å²) in [6.45, 7) is 6.14. The van der Waals surface area contributed by atoms with E-state index in [0.29, 0.717) is 12.5 Å². The molecule has 1 heterocycles. The summed E-state index contributed by atoms with van der Waals surface area (Å²) >= 11 is 0. The normalized spacial score (nSPS) is 13.1. The molecule has 2 aromatic rings. The van der Waals surface area contributed by atoms with E-state index in [9.17, 15) is 17.6 Å². The molecule has 8 heteroatoms. The molecule has 0 aliphatic rings. The molecule has 2 rings (SSSR count). The summed E-state index contributed by atoms with van der Waals surface area (Å²) in [6, 6.07) is 4.78. The minimum Gasteiger partial charge on any atom is -0.324 e. The minimum absolute atomic E-state index is 0.0297. The van der Waals surface area contributed by atoms with Crippen molar-refractivity contribution in [2.45, 2.75) is 33.0 Å². The second-order valence-corrected chi connectivity index (χ2v) is 6.15. The van der Waals surface area contributed by atoms with Crippen molar-refractivity contribution < 1.29 is 17.6 Å². The van der Waals surface area contributed by atoms with Gasteiger partial charge in [0.2, 0.25) is 5.95 Å². The smallest absolute Gasteiger partial charge is 0.324 e. The fourth-order valence-corrected chi connectivity index (χ4v) is 2.21. The van der Waals surface area contributed by atoms with Gasteiger partial charge in [-0.1, -0.05) is 19.9 Å². The number of nitrogens with zero attached hydrogens (tertiary/aromatic N) is 2. The summed E-state index contributed by atoms with van der Waals surface area (Å²) in [4.78, 5) is 7.55. The molecule has 1 unspecified atom stereocenters. The van der Waals surface area contributed by atoms with Crippen LogP contribution in [0, 0.1) is 11.7 Å². The van der Waals surface area contributed by atoms with E-state index >= 15 is 0 Å². The number of hydrogen-bond donors (Lipinski definition) is 2. The minimum atomic E-state index is -4.62. The molecule has 0 saturated heterocycles. The Morgan fingerprint density at radius 1 is 1.16 bits per heavy atom. The lowest BCUT2D eigenvalue weighted by Crippen LogP contribution is -2.26. The van der Waals surface area contributed by atoms with Gasteiger partial charge in [0.25, 0.3) is 0 Å². The average molecular weight is 356 g/mol. The van der Waals surface area contributed by atoms with Gasteiger partial charge in [-0.25, -0.2) is 14.4 Å². The molecule has 136 valence electrons. The van der Waals surface area contributed by atoms with Gasteiger partial charge in [-0.05, 0) is 37.6 Å². The molecule has 1 atom stereocenters. The highest BCUT2D eigenvalue weighted by Crippen LogP contribution is 2.33. The van der Waals surface area contributed by atoms with Crippen LogP contribution in [0.15, 0.2) is 30.5 Å². The molecule has 4 nitrogen and oxygen atoms in total. The van der Waals surface area contributed by atoms with Crippen molar-refractivity contribution >= 4 is 11.6 Å². The van der Waals surface area contributed by atoms with Crippen LogP contribution in [0.3, 0.4) is 0 Å². The highest BCUT2D eigenvalue weighted by Gasteiger charge is 2.37. The predicted octanol–water partition coefficient (Wildman–Crippen LogP) is 4.68. The zero-order valence-corrected chi connectivity index (χ0v) is 14.2.